The van der Waals surface area contributed by atoms with Crippen LogP contribution in [-0.4, -0.2) is 47.3 Å². The van der Waals surface area contributed by atoms with E-state index in [9.17, 15) is 4.21 Å². The molecular formula is C23H27N3OS. The zero-order valence-electron chi connectivity index (χ0n) is 16.8. The van der Waals surface area contributed by atoms with E-state index in [0.29, 0.717) is 6.04 Å². The van der Waals surface area contributed by atoms with Gasteiger partial charge < -0.3 is 9.80 Å². The maximum atomic E-state index is 12.9. The fourth-order valence-corrected chi connectivity index (χ4v) is 5.03. The average Bonchev–Trinajstić information content (AvgIpc) is 2.74. The number of rotatable bonds is 4. The van der Waals surface area contributed by atoms with Gasteiger partial charge in [0.05, 0.1) is 26.9 Å². The Morgan fingerprint density at radius 1 is 1.04 bits per heavy atom. The van der Waals surface area contributed by atoms with E-state index in [1.807, 2.05) is 30.3 Å². The summed E-state index contributed by atoms with van der Waals surface area (Å²) in [6.45, 7) is 4.18. The van der Waals surface area contributed by atoms with Gasteiger partial charge in [0.15, 0.2) is 0 Å². The highest BCUT2D eigenvalue weighted by Crippen LogP contribution is 2.32. The Hall–Kier alpha value is -2.24. The lowest BCUT2D eigenvalue weighted by Gasteiger charge is -2.36. The van der Waals surface area contributed by atoms with Gasteiger partial charge in [0.2, 0.25) is 0 Å². The number of fused-ring (bicyclic) bond motifs is 1. The predicted molar refractivity (Wildman–Crippen MR) is 117 cm³/mol. The summed E-state index contributed by atoms with van der Waals surface area (Å²) in [6.07, 6.45) is 4.11. The van der Waals surface area contributed by atoms with E-state index in [4.69, 9.17) is 4.98 Å². The molecule has 0 bridgehead atoms. The number of anilines is 1. The lowest BCUT2D eigenvalue weighted by atomic mass is 10.0. The minimum absolute atomic E-state index is 0.654. The Morgan fingerprint density at radius 3 is 2.43 bits per heavy atom. The number of piperidine rings is 1. The first-order chi connectivity index (χ1) is 13.5. The third kappa shape index (κ3) is 3.69. The minimum Gasteiger partial charge on any atom is -0.370 e. The van der Waals surface area contributed by atoms with Crippen LogP contribution in [0.4, 0.5) is 5.69 Å². The highest BCUT2D eigenvalue weighted by molar-refractivity contribution is 7.85. The molecule has 0 amide bonds. The van der Waals surface area contributed by atoms with Gasteiger partial charge in [-0.3, -0.25) is 4.98 Å². The first-order valence-electron chi connectivity index (χ1n) is 9.82. The molecular weight excluding hydrogens is 366 g/mol. The number of hydrogen-bond acceptors (Lipinski definition) is 4. The zero-order chi connectivity index (χ0) is 19.7. The van der Waals surface area contributed by atoms with Crippen molar-refractivity contribution in [3.05, 3.63) is 60.3 Å². The van der Waals surface area contributed by atoms with Gasteiger partial charge in [0, 0.05) is 35.6 Å². The SMILES string of the molecule is Cc1ccc(N2CCC(N(C)C)CC2)c2ncc(S(=O)c3ccccc3)cc12. The molecule has 3 aromatic rings. The van der Waals surface area contributed by atoms with Crippen LogP contribution >= 0.6 is 0 Å². The quantitative estimate of drug-likeness (QED) is 0.664. The van der Waals surface area contributed by atoms with Crippen molar-refractivity contribution in [2.75, 3.05) is 32.1 Å². The molecule has 1 aliphatic heterocycles. The molecule has 1 fully saturated rings. The summed E-state index contributed by atoms with van der Waals surface area (Å²) in [6, 6.07) is 16.6. The van der Waals surface area contributed by atoms with E-state index in [1.165, 1.54) is 24.1 Å². The summed E-state index contributed by atoms with van der Waals surface area (Å²) in [4.78, 5) is 11.1. The Labute approximate surface area is 169 Å². The summed E-state index contributed by atoms with van der Waals surface area (Å²) in [5.41, 5.74) is 3.37. The van der Waals surface area contributed by atoms with Crippen molar-refractivity contribution in [3.63, 3.8) is 0 Å². The lowest BCUT2D eigenvalue weighted by Crippen LogP contribution is -2.42. The van der Waals surface area contributed by atoms with Crippen LogP contribution in [0.1, 0.15) is 18.4 Å². The second-order valence-corrected chi connectivity index (χ2v) is 9.21. The number of aromatic nitrogens is 1. The molecule has 0 aliphatic carbocycles. The van der Waals surface area contributed by atoms with Crippen molar-refractivity contribution < 1.29 is 4.21 Å². The molecule has 1 atom stereocenters. The van der Waals surface area contributed by atoms with Crippen LogP contribution in [0.5, 0.6) is 0 Å². The first kappa shape index (κ1) is 19.1. The highest BCUT2D eigenvalue weighted by Gasteiger charge is 2.22. The normalized spacial score (nSPS) is 16.6. The van der Waals surface area contributed by atoms with E-state index in [-0.39, 0.29) is 0 Å². The fraction of sp³-hybridized carbons (Fsp3) is 0.348. The monoisotopic (exact) mass is 393 g/mol. The minimum atomic E-state index is -1.21. The largest absolute Gasteiger partial charge is 0.370 e. The summed E-state index contributed by atoms with van der Waals surface area (Å²) in [7, 11) is 3.11. The molecule has 1 aromatic heterocycles. The smallest absolute Gasteiger partial charge is 0.0938 e. The molecule has 0 N–H and O–H groups in total. The van der Waals surface area contributed by atoms with Crippen LogP contribution in [0, 0.1) is 6.92 Å². The molecule has 4 nitrogen and oxygen atoms in total. The van der Waals surface area contributed by atoms with Gasteiger partial charge in [-0.15, -0.1) is 0 Å². The van der Waals surface area contributed by atoms with E-state index in [1.54, 1.807) is 6.20 Å². The van der Waals surface area contributed by atoms with Gasteiger partial charge in [0.25, 0.3) is 0 Å². The highest BCUT2D eigenvalue weighted by atomic mass is 32.2. The molecule has 0 saturated carbocycles. The molecule has 4 rings (SSSR count). The molecule has 5 heteroatoms. The van der Waals surface area contributed by atoms with Gasteiger partial charge in [-0.2, -0.15) is 0 Å². The summed E-state index contributed by atoms with van der Waals surface area (Å²) in [5.74, 6) is 0. The van der Waals surface area contributed by atoms with E-state index in [0.717, 1.165) is 33.8 Å². The van der Waals surface area contributed by atoms with E-state index < -0.39 is 10.8 Å². The maximum absolute atomic E-state index is 12.9. The Morgan fingerprint density at radius 2 is 1.75 bits per heavy atom. The standard InChI is InChI=1S/C23H27N3OS/c1-17-9-10-22(26-13-11-18(12-14-26)25(2)3)23-21(17)15-20(16-24-23)28(27)19-7-5-4-6-8-19/h4-10,15-16,18H,11-14H2,1-3H3. The number of nitrogens with zero attached hydrogens (tertiary/aromatic N) is 3. The maximum Gasteiger partial charge on any atom is 0.0938 e. The summed E-state index contributed by atoms with van der Waals surface area (Å²) in [5, 5.41) is 1.09. The van der Waals surface area contributed by atoms with Crippen LogP contribution in [0.3, 0.4) is 0 Å². The molecule has 146 valence electrons. The molecule has 2 heterocycles. The third-order valence-electron chi connectivity index (χ3n) is 5.73. The Kier molecular flexibility index (Phi) is 5.47. The second kappa shape index (κ2) is 8.02. The first-order valence-corrected chi connectivity index (χ1v) is 11.0. The zero-order valence-corrected chi connectivity index (χ0v) is 17.6. The number of aryl methyl sites for hydroxylation is 1. The molecule has 1 unspecified atom stereocenters. The lowest BCUT2D eigenvalue weighted by molar-refractivity contribution is 0.250. The van der Waals surface area contributed by atoms with Gasteiger partial charge in [-0.25, -0.2) is 4.21 Å². The van der Waals surface area contributed by atoms with Crippen LogP contribution in [0.15, 0.2) is 64.5 Å². The van der Waals surface area contributed by atoms with Crippen molar-refractivity contribution in [1.29, 1.82) is 0 Å². The van der Waals surface area contributed by atoms with Crippen molar-refractivity contribution >= 4 is 27.4 Å². The van der Waals surface area contributed by atoms with E-state index in [2.05, 4.69) is 49.0 Å². The van der Waals surface area contributed by atoms with Crippen molar-refractivity contribution in [3.8, 4) is 0 Å². The third-order valence-corrected chi connectivity index (χ3v) is 7.08. The molecule has 2 aromatic carbocycles. The number of pyridine rings is 1. The van der Waals surface area contributed by atoms with Crippen molar-refractivity contribution in [1.82, 2.24) is 9.88 Å². The predicted octanol–water partition coefficient (Wildman–Crippen LogP) is 4.24. The summed E-state index contributed by atoms with van der Waals surface area (Å²) >= 11 is 0. The molecule has 0 radical (unpaired) electrons. The number of benzene rings is 2. The average molecular weight is 394 g/mol. The second-order valence-electron chi connectivity index (χ2n) is 7.73. The van der Waals surface area contributed by atoms with E-state index >= 15 is 0 Å². The molecule has 1 aliphatic rings. The van der Waals surface area contributed by atoms with Crippen LogP contribution in [0.2, 0.25) is 0 Å². The molecule has 28 heavy (non-hydrogen) atoms. The Balaban J connectivity index is 1.68. The summed E-state index contributed by atoms with van der Waals surface area (Å²) < 4.78 is 12.9. The van der Waals surface area contributed by atoms with Gasteiger partial charge in [-0.05, 0) is 63.7 Å². The van der Waals surface area contributed by atoms with Crippen molar-refractivity contribution in [2.45, 2.75) is 35.6 Å². The van der Waals surface area contributed by atoms with Crippen LogP contribution in [-0.2, 0) is 10.8 Å². The van der Waals surface area contributed by atoms with Crippen LogP contribution in [0.25, 0.3) is 10.9 Å². The van der Waals surface area contributed by atoms with Gasteiger partial charge in [0.1, 0.15) is 0 Å². The van der Waals surface area contributed by atoms with Gasteiger partial charge in [-0.1, -0.05) is 24.3 Å². The Bertz CT molecular complexity index is 995. The molecule has 0 spiro atoms. The fourth-order valence-electron chi connectivity index (χ4n) is 3.98. The van der Waals surface area contributed by atoms with Crippen molar-refractivity contribution in [2.24, 2.45) is 0 Å². The topological polar surface area (TPSA) is 36.4 Å². The van der Waals surface area contributed by atoms with Crippen LogP contribution < -0.4 is 4.90 Å². The number of hydrogen-bond donors (Lipinski definition) is 0. The molecule has 1 saturated heterocycles. The van der Waals surface area contributed by atoms with Gasteiger partial charge >= 0.3 is 0 Å².